The van der Waals surface area contributed by atoms with Gasteiger partial charge in [-0.05, 0) is 34.5 Å². The average molecular weight is 495 g/mol. The summed E-state index contributed by atoms with van der Waals surface area (Å²) in [7, 11) is 0. The first-order valence-corrected chi connectivity index (χ1v) is 12.9. The molecule has 0 heterocycles. The van der Waals surface area contributed by atoms with Crippen molar-refractivity contribution in [3.63, 3.8) is 0 Å². The minimum atomic E-state index is -3.05. The van der Waals surface area contributed by atoms with Gasteiger partial charge in [0.15, 0.2) is 0 Å². The van der Waals surface area contributed by atoms with E-state index in [1.165, 1.54) is 0 Å². The third-order valence-corrected chi connectivity index (χ3v) is 10.2. The first kappa shape index (κ1) is 33.7. The molecule has 0 aliphatic rings. The zero-order chi connectivity index (χ0) is 28.4. The van der Waals surface area contributed by atoms with Crippen LogP contribution in [-0.2, 0) is 0 Å². The van der Waals surface area contributed by atoms with Crippen LogP contribution in [0.1, 0.15) is 137 Å². The lowest BCUT2D eigenvalue weighted by Crippen LogP contribution is -2.61. The molecule has 0 aromatic rings. The fraction of sp³-hybridized carbons (Fsp3) is 1.00. The SMILES string of the molecule is CC(C)(C)CC(C)(C)C(C)(C)C(F)(F)C(C)(C)C(C)(C)CC(C)(C)C(C)(C)C(F)(F)C(C)(C)C. The van der Waals surface area contributed by atoms with Crippen molar-refractivity contribution in [2.24, 2.45) is 43.3 Å². The van der Waals surface area contributed by atoms with Crippen LogP contribution in [0.25, 0.3) is 0 Å². The van der Waals surface area contributed by atoms with Crippen molar-refractivity contribution in [1.82, 2.24) is 0 Å². The molecule has 0 nitrogen and oxygen atoms in total. The topological polar surface area (TPSA) is 0 Å². The third kappa shape index (κ3) is 5.36. The summed E-state index contributed by atoms with van der Waals surface area (Å²) in [6.07, 6.45) is 0.895. The van der Waals surface area contributed by atoms with Gasteiger partial charge in [-0.2, -0.15) is 0 Å². The summed E-state index contributed by atoms with van der Waals surface area (Å²) in [6, 6.07) is 0. The standard InChI is InChI=1S/C30H58F4/c1-21(2,3)19-23(7,8)27(15,16)30(33,34)28(17,18)25(11,12)20-24(9,10)26(13,14)29(31,32)22(4,5)6/h19-20H2,1-18H3. The van der Waals surface area contributed by atoms with Gasteiger partial charge in [-0.25, -0.2) is 17.6 Å². The van der Waals surface area contributed by atoms with E-state index in [9.17, 15) is 0 Å². The Balaban J connectivity index is 6.54. The molecule has 0 aliphatic carbocycles. The van der Waals surface area contributed by atoms with Crippen molar-refractivity contribution < 1.29 is 17.6 Å². The average Bonchev–Trinajstić information content (AvgIpc) is 2.49. The molecular weight excluding hydrogens is 436 g/mol. The number of hydrogen-bond donors (Lipinski definition) is 0. The second-order valence-corrected chi connectivity index (χ2v) is 16.8. The molecule has 0 aromatic heterocycles. The van der Waals surface area contributed by atoms with E-state index in [0.717, 1.165) is 0 Å². The van der Waals surface area contributed by atoms with Crippen molar-refractivity contribution in [3.05, 3.63) is 0 Å². The molecule has 0 rings (SSSR count). The highest BCUT2D eigenvalue weighted by molar-refractivity contribution is 5.10. The van der Waals surface area contributed by atoms with E-state index in [4.69, 9.17) is 0 Å². The molecule has 206 valence electrons. The molecule has 0 bridgehead atoms. The van der Waals surface area contributed by atoms with E-state index < -0.39 is 49.7 Å². The molecule has 0 atom stereocenters. The normalized spacial score (nSPS) is 16.8. The summed E-state index contributed by atoms with van der Waals surface area (Å²) in [6.45, 7) is 31.9. The van der Waals surface area contributed by atoms with Crippen LogP contribution in [0.4, 0.5) is 17.6 Å². The van der Waals surface area contributed by atoms with Crippen molar-refractivity contribution >= 4 is 0 Å². The van der Waals surface area contributed by atoms with Crippen molar-refractivity contribution in [1.29, 1.82) is 0 Å². The molecule has 34 heavy (non-hydrogen) atoms. The zero-order valence-electron chi connectivity index (χ0n) is 25.9. The minimum Gasteiger partial charge on any atom is -0.206 e. The fourth-order valence-electron chi connectivity index (χ4n) is 6.09. The molecule has 0 fully saturated rings. The number of alkyl halides is 4. The van der Waals surface area contributed by atoms with Gasteiger partial charge in [0.05, 0.1) is 0 Å². The Hall–Kier alpha value is -0.280. The predicted molar refractivity (Wildman–Crippen MR) is 141 cm³/mol. The Bertz CT molecular complexity index is 705. The lowest BCUT2D eigenvalue weighted by Gasteiger charge is -2.60. The number of halogens is 4. The van der Waals surface area contributed by atoms with Crippen LogP contribution in [-0.4, -0.2) is 11.8 Å². The Kier molecular flexibility index (Phi) is 8.57. The van der Waals surface area contributed by atoms with E-state index >= 15 is 17.6 Å². The van der Waals surface area contributed by atoms with Crippen molar-refractivity contribution in [2.45, 2.75) is 149 Å². The molecule has 0 saturated heterocycles. The van der Waals surface area contributed by atoms with E-state index in [2.05, 4.69) is 20.8 Å². The lowest BCUT2D eigenvalue weighted by molar-refractivity contribution is -0.269. The van der Waals surface area contributed by atoms with Gasteiger partial charge in [-0.15, -0.1) is 0 Å². The van der Waals surface area contributed by atoms with Gasteiger partial charge in [0.1, 0.15) is 0 Å². The van der Waals surface area contributed by atoms with Crippen LogP contribution in [0, 0.1) is 43.3 Å². The maximum atomic E-state index is 16.7. The number of hydrogen-bond acceptors (Lipinski definition) is 0. The first-order valence-electron chi connectivity index (χ1n) is 12.9. The predicted octanol–water partition coefficient (Wildman–Crippen LogP) is 11.3. The molecule has 0 aliphatic heterocycles. The molecule has 0 spiro atoms. The Morgan fingerprint density at radius 3 is 0.824 bits per heavy atom. The quantitative estimate of drug-likeness (QED) is 0.280. The highest BCUT2D eigenvalue weighted by Gasteiger charge is 2.68. The summed E-state index contributed by atoms with van der Waals surface area (Å²) in [5.74, 6) is -6.04. The van der Waals surface area contributed by atoms with Crippen LogP contribution in [0.3, 0.4) is 0 Å². The second kappa shape index (κ2) is 8.64. The van der Waals surface area contributed by atoms with Crippen LogP contribution in [0.15, 0.2) is 0 Å². The Morgan fingerprint density at radius 1 is 0.353 bits per heavy atom. The maximum absolute atomic E-state index is 16.7. The van der Waals surface area contributed by atoms with Crippen molar-refractivity contribution in [3.8, 4) is 0 Å². The molecule has 4 heteroatoms. The zero-order valence-corrected chi connectivity index (χ0v) is 25.9. The fourth-order valence-corrected chi connectivity index (χ4v) is 6.09. The van der Waals surface area contributed by atoms with Gasteiger partial charge in [0, 0.05) is 21.7 Å². The monoisotopic (exact) mass is 494 g/mol. The van der Waals surface area contributed by atoms with E-state index in [0.29, 0.717) is 6.42 Å². The Morgan fingerprint density at radius 2 is 0.588 bits per heavy atom. The molecule has 0 saturated carbocycles. The van der Waals surface area contributed by atoms with Crippen LogP contribution in [0.2, 0.25) is 0 Å². The molecule has 0 aromatic carbocycles. The van der Waals surface area contributed by atoms with Gasteiger partial charge in [0.25, 0.3) is 11.8 Å². The summed E-state index contributed by atoms with van der Waals surface area (Å²) in [5, 5.41) is 0. The molecule has 0 unspecified atom stereocenters. The highest BCUT2D eigenvalue weighted by atomic mass is 19.3. The van der Waals surface area contributed by atoms with Gasteiger partial charge in [0.2, 0.25) is 0 Å². The Labute approximate surface area is 210 Å². The third-order valence-electron chi connectivity index (χ3n) is 10.2. The van der Waals surface area contributed by atoms with E-state index in [1.54, 1.807) is 62.3 Å². The minimum absolute atomic E-state index is 0.0962. The molecule has 0 N–H and O–H groups in total. The number of rotatable bonds is 9. The molecule has 0 amide bonds. The van der Waals surface area contributed by atoms with Crippen LogP contribution >= 0.6 is 0 Å². The van der Waals surface area contributed by atoms with Gasteiger partial charge < -0.3 is 0 Å². The second-order valence-electron chi connectivity index (χ2n) is 16.8. The first-order chi connectivity index (χ1) is 14.2. The largest absolute Gasteiger partial charge is 0.259 e. The van der Waals surface area contributed by atoms with Gasteiger partial charge in [-0.1, -0.05) is 125 Å². The summed E-state index contributed by atoms with van der Waals surface area (Å²) in [5.41, 5.74) is -7.95. The highest BCUT2D eigenvalue weighted by Crippen LogP contribution is 2.67. The van der Waals surface area contributed by atoms with Crippen molar-refractivity contribution in [2.75, 3.05) is 0 Å². The van der Waals surface area contributed by atoms with E-state index in [1.807, 2.05) is 41.5 Å². The smallest absolute Gasteiger partial charge is 0.206 e. The van der Waals surface area contributed by atoms with Crippen LogP contribution in [0.5, 0.6) is 0 Å². The summed E-state index contributed by atoms with van der Waals surface area (Å²) < 4.78 is 64.7. The molecule has 0 radical (unpaired) electrons. The molecular formula is C30H58F4. The van der Waals surface area contributed by atoms with Crippen LogP contribution < -0.4 is 0 Å². The lowest BCUT2D eigenvalue weighted by atomic mass is 9.47. The maximum Gasteiger partial charge on any atom is 0.259 e. The summed E-state index contributed by atoms with van der Waals surface area (Å²) >= 11 is 0. The summed E-state index contributed by atoms with van der Waals surface area (Å²) in [4.78, 5) is 0. The van der Waals surface area contributed by atoms with Gasteiger partial charge >= 0.3 is 0 Å². The van der Waals surface area contributed by atoms with E-state index in [-0.39, 0.29) is 11.8 Å². The van der Waals surface area contributed by atoms with Gasteiger partial charge in [-0.3, -0.25) is 0 Å².